The fourth-order valence-corrected chi connectivity index (χ4v) is 4.18. The molecule has 0 saturated heterocycles. The van der Waals surface area contributed by atoms with Crippen LogP contribution in [0.1, 0.15) is 39.0 Å². The van der Waals surface area contributed by atoms with Gasteiger partial charge in [-0.1, -0.05) is 37.1 Å². The lowest BCUT2D eigenvalue weighted by Crippen LogP contribution is -2.33. The van der Waals surface area contributed by atoms with E-state index in [1.165, 1.54) is 49.3 Å². The minimum absolute atomic E-state index is 0.756. The molecule has 0 aromatic heterocycles. The van der Waals surface area contributed by atoms with Crippen LogP contribution in [0.4, 0.5) is 0 Å². The summed E-state index contributed by atoms with van der Waals surface area (Å²) in [6, 6.07) is 8.91. The Balaban J connectivity index is 1.74. The van der Waals surface area contributed by atoms with Gasteiger partial charge in [0.15, 0.2) is 0 Å². The van der Waals surface area contributed by atoms with E-state index in [0.717, 1.165) is 17.0 Å². The van der Waals surface area contributed by atoms with Crippen LogP contribution in [0.2, 0.25) is 5.02 Å². The normalized spacial score (nSPS) is 22.8. The number of nitrogens with one attached hydrogen (secondary N) is 1. The lowest BCUT2D eigenvalue weighted by molar-refractivity contribution is 0.393. The van der Waals surface area contributed by atoms with Crippen LogP contribution in [0.15, 0.2) is 29.2 Å². The van der Waals surface area contributed by atoms with E-state index in [0.29, 0.717) is 0 Å². The molecule has 19 heavy (non-hydrogen) atoms. The average Bonchev–Trinajstić information content (AvgIpc) is 2.86. The van der Waals surface area contributed by atoms with E-state index in [2.05, 4.69) is 24.4 Å². The number of benzene rings is 1. The van der Waals surface area contributed by atoms with Crippen LogP contribution in [0.25, 0.3) is 0 Å². The van der Waals surface area contributed by atoms with Gasteiger partial charge in [-0.15, -0.1) is 11.8 Å². The molecule has 3 heteroatoms. The predicted molar refractivity (Wildman–Crippen MR) is 86.2 cm³/mol. The van der Waals surface area contributed by atoms with Crippen molar-refractivity contribution in [2.24, 2.45) is 5.92 Å². The van der Waals surface area contributed by atoms with Gasteiger partial charge in [0.2, 0.25) is 0 Å². The maximum atomic E-state index is 6.18. The van der Waals surface area contributed by atoms with Crippen molar-refractivity contribution in [1.29, 1.82) is 0 Å². The highest BCUT2D eigenvalue weighted by atomic mass is 35.5. The summed E-state index contributed by atoms with van der Waals surface area (Å²) in [5.74, 6) is 2.04. The molecule has 1 nitrogen and oxygen atoms in total. The molecule has 1 aliphatic carbocycles. The molecular formula is C16H24ClNS. The molecule has 1 saturated carbocycles. The molecule has 0 spiro atoms. The van der Waals surface area contributed by atoms with Crippen LogP contribution in [0, 0.1) is 5.92 Å². The van der Waals surface area contributed by atoms with Gasteiger partial charge >= 0.3 is 0 Å². The zero-order chi connectivity index (χ0) is 13.5. The first-order valence-electron chi connectivity index (χ1n) is 7.42. The first-order chi connectivity index (χ1) is 9.31. The Kier molecular flexibility index (Phi) is 6.55. The predicted octanol–water partition coefficient (Wildman–Crippen LogP) is 4.99. The number of hydrogen-bond donors (Lipinski definition) is 1. The maximum absolute atomic E-state index is 6.18. The van der Waals surface area contributed by atoms with Crippen LogP contribution in [-0.2, 0) is 0 Å². The second-order valence-electron chi connectivity index (χ2n) is 5.32. The first-order valence-corrected chi connectivity index (χ1v) is 8.78. The molecular weight excluding hydrogens is 274 g/mol. The van der Waals surface area contributed by atoms with E-state index in [9.17, 15) is 0 Å². The number of rotatable bonds is 7. The van der Waals surface area contributed by atoms with Crippen LogP contribution in [0.3, 0.4) is 0 Å². The molecule has 1 fully saturated rings. The molecule has 0 bridgehead atoms. The molecule has 1 aromatic carbocycles. The summed E-state index contributed by atoms with van der Waals surface area (Å²) in [4.78, 5) is 1.22. The number of thioether (sulfide) groups is 1. The van der Waals surface area contributed by atoms with Gasteiger partial charge in [0, 0.05) is 10.9 Å². The standard InChI is InChI=1S/C16H24ClNS/c1-2-11-18-15-8-5-6-13(15)10-12-19-16-9-4-3-7-14(16)17/h3-4,7,9,13,15,18H,2,5-6,8,10-12H2,1H3. The van der Waals surface area contributed by atoms with E-state index < -0.39 is 0 Å². The average molecular weight is 298 g/mol. The molecule has 2 unspecified atom stereocenters. The summed E-state index contributed by atoms with van der Waals surface area (Å²) in [7, 11) is 0. The largest absolute Gasteiger partial charge is 0.314 e. The van der Waals surface area contributed by atoms with E-state index in [1.807, 2.05) is 23.9 Å². The topological polar surface area (TPSA) is 12.0 Å². The number of halogens is 1. The van der Waals surface area contributed by atoms with Gasteiger partial charge in [-0.25, -0.2) is 0 Å². The van der Waals surface area contributed by atoms with E-state index in [1.54, 1.807) is 0 Å². The Bertz CT molecular complexity index is 383. The summed E-state index contributed by atoms with van der Waals surface area (Å²) < 4.78 is 0. The smallest absolute Gasteiger partial charge is 0.0541 e. The van der Waals surface area contributed by atoms with Gasteiger partial charge in [-0.05, 0) is 56.0 Å². The molecule has 1 aliphatic rings. The second kappa shape index (κ2) is 8.18. The third kappa shape index (κ3) is 4.70. The summed E-state index contributed by atoms with van der Waals surface area (Å²) in [5.41, 5.74) is 0. The quantitative estimate of drug-likeness (QED) is 0.712. The maximum Gasteiger partial charge on any atom is 0.0541 e. The minimum Gasteiger partial charge on any atom is -0.314 e. The highest BCUT2D eigenvalue weighted by Crippen LogP contribution is 2.32. The summed E-state index contributed by atoms with van der Waals surface area (Å²) in [5, 5.41) is 4.59. The van der Waals surface area contributed by atoms with Gasteiger partial charge in [-0.2, -0.15) is 0 Å². The fourth-order valence-electron chi connectivity index (χ4n) is 2.86. The van der Waals surface area contributed by atoms with Crippen LogP contribution < -0.4 is 5.32 Å². The molecule has 106 valence electrons. The third-order valence-electron chi connectivity index (χ3n) is 3.90. The van der Waals surface area contributed by atoms with E-state index in [-0.39, 0.29) is 0 Å². The Morgan fingerprint density at radius 3 is 2.95 bits per heavy atom. The monoisotopic (exact) mass is 297 g/mol. The Labute approximate surface area is 126 Å². The number of hydrogen-bond acceptors (Lipinski definition) is 2. The molecule has 0 radical (unpaired) electrons. The summed E-state index contributed by atoms with van der Waals surface area (Å²) >= 11 is 8.08. The van der Waals surface area contributed by atoms with Crippen LogP contribution >= 0.6 is 23.4 Å². The highest BCUT2D eigenvalue weighted by molar-refractivity contribution is 7.99. The molecule has 0 aliphatic heterocycles. The van der Waals surface area contributed by atoms with Crippen molar-refractivity contribution in [3.63, 3.8) is 0 Å². The SMILES string of the molecule is CCCNC1CCCC1CCSc1ccccc1Cl. The van der Waals surface area contributed by atoms with Crippen LogP contribution in [-0.4, -0.2) is 18.3 Å². The van der Waals surface area contributed by atoms with Gasteiger partial charge in [0.05, 0.1) is 5.02 Å². The van der Waals surface area contributed by atoms with Crippen molar-refractivity contribution in [3.8, 4) is 0 Å². The summed E-state index contributed by atoms with van der Waals surface area (Å²) in [6.07, 6.45) is 6.68. The zero-order valence-electron chi connectivity index (χ0n) is 11.7. The molecule has 2 rings (SSSR count). The second-order valence-corrected chi connectivity index (χ2v) is 6.86. The molecule has 2 atom stereocenters. The first kappa shape index (κ1) is 15.2. The Morgan fingerprint density at radius 2 is 2.16 bits per heavy atom. The lowest BCUT2D eigenvalue weighted by atomic mass is 10.0. The van der Waals surface area contributed by atoms with Gasteiger partial charge in [-0.3, -0.25) is 0 Å². The lowest BCUT2D eigenvalue weighted by Gasteiger charge is -2.20. The molecule has 1 N–H and O–H groups in total. The van der Waals surface area contributed by atoms with Crippen molar-refractivity contribution >= 4 is 23.4 Å². The van der Waals surface area contributed by atoms with E-state index in [4.69, 9.17) is 11.6 Å². The van der Waals surface area contributed by atoms with Crippen molar-refractivity contribution in [2.75, 3.05) is 12.3 Å². The van der Waals surface area contributed by atoms with Gasteiger partial charge in [0.1, 0.15) is 0 Å². The minimum atomic E-state index is 0.756. The van der Waals surface area contributed by atoms with Crippen molar-refractivity contribution < 1.29 is 0 Å². The molecule has 0 heterocycles. The highest BCUT2D eigenvalue weighted by Gasteiger charge is 2.25. The van der Waals surface area contributed by atoms with E-state index >= 15 is 0 Å². The molecule has 1 aromatic rings. The summed E-state index contributed by atoms with van der Waals surface area (Å²) in [6.45, 7) is 3.41. The van der Waals surface area contributed by atoms with Crippen molar-refractivity contribution in [1.82, 2.24) is 5.32 Å². The van der Waals surface area contributed by atoms with Crippen molar-refractivity contribution in [2.45, 2.75) is 50.0 Å². The fraction of sp³-hybridized carbons (Fsp3) is 0.625. The zero-order valence-corrected chi connectivity index (χ0v) is 13.3. The van der Waals surface area contributed by atoms with Crippen LogP contribution in [0.5, 0.6) is 0 Å². The third-order valence-corrected chi connectivity index (χ3v) is 5.45. The van der Waals surface area contributed by atoms with Gasteiger partial charge in [0.25, 0.3) is 0 Å². The van der Waals surface area contributed by atoms with Crippen molar-refractivity contribution in [3.05, 3.63) is 29.3 Å². The molecule has 0 amide bonds. The van der Waals surface area contributed by atoms with Gasteiger partial charge < -0.3 is 5.32 Å². The Hall–Kier alpha value is -0.180. The Morgan fingerprint density at radius 1 is 1.32 bits per heavy atom.